The molecule has 1 aliphatic carbocycles. The molecular weight excluding hydrogens is 838 g/mol. The molecule has 7 rings (SSSR count). The second-order valence-electron chi connectivity index (χ2n) is 16.2. The average molecular weight is 890 g/mol. The summed E-state index contributed by atoms with van der Waals surface area (Å²) in [6, 6.07) is 56.8. The Kier molecular flexibility index (Phi) is 12.4. The van der Waals surface area contributed by atoms with Crippen molar-refractivity contribution in [1.82, 2.24) is 0 Å². The van der Waals surface area contributed by atoms with E-state index in [-0.39, 0.29) is 11.3 Å². The van der Waals surface area contributed by atoms with Crippen molar-refractivity contribution in [2.75, 3.05) is 4.90 Å². The molecule has 0 amide bonds. The van der Waals surface area contributed by atoms with Gasteiger partial charge in [0, 0.05) is 48.5 Å². The highest BCUT2D eigenvalue weighted by Crippen LogP contribution is 2.63. The molecule has 0 N–H and O–H groups in total. The second kappa shape index (κ2) is 17.5. The van der Waals surface area contributed by atoms with Crippen LogP contribution in [0.1, 0.15) is 75.8 Å². The summed E-state index contributed by atoms with van der Waals surface area (Å²) in [6.45, 7) is 14.3. The van der Waals surface area contributed by atoms with E-state index in [9.17, 15) is 0 Å². The summed E-state index contributed by atoms with van der Waals surface area (Å²) in [5.74, 6) is 3.99. The molecule has 1 aliphatic rings. The smallest absolute Gasteiger partial charge is 0.146 e. The quantitative estimate of drug-likeness (QED) is 0.0712. The molecule has 1 atom stereocenters. The maximum Gasteiger partial charge on any atom is 0.146 e. The van der Waals surface area contributed by atoms with Gasteiger partial charge in [0.25, 0.3) is 0 Å². The molecule has 0 saturated heterocycles. The van der Waals surface area contributed by atoms with Crippen LogP contribution in [-0.2, 0) is 5.41 Å². The molecule has 57 heavy (non-hydrogen) atoms. The van der Waals surface area contributed by atoms with Gasteiger partial charge in [-0.3, -0.25) is 0 Å². The first kappa shape index (κ1) is 40.6. The minimum Gasteiger partial charge on any atom is -0.311 e. The zero-order chi connectivity index (χ0) is 40.2. The Bertz CT molecular complexity index is 2310. The number of hydrogen-bond acceptors (Lipinski definition) is 1. The molecule has 0 bridgehead atoms. The van der Waals surface area contributed by atoms with Crippen molar-refractivity contribution < 1.29 is 0 Å². The Hall–Kier alpha value is -4.62. The van der Waals surface area contributed by atoms with E-state index in [2.05, 4.69) is 259 Å². The third kappa shape index (κ3) is 8.36. The molecule has 1 fully saturated rings. The number of hydrogen-bond donors (Lipinski definition) is 0. The van der Waals surface area contributed by atoms with Crippen LogP contribution in [0, 0.1) is 17.4 Å². The first-order chi connectivity index (χ1) is 27.5. The van der Waals surface area contributed by atoms with Gasteiger partial charge in [0.05, 0.1) is 0 Å². The van der Waals surface area contributed by atoms with E-state index in [0.717, 1.165) is 43.6 Å². The Labute approximate surface area is 358 Å². The third-order valence-corrected chi connectivity index (χ3v) is 19.5. The predicted octanol–water partition coefficient (Wildman–Crippen LogP) is 16.0. The van der Waals surface area contributed by atoms with E-state index >= 15 is 0 Å². The molecule has 1 saturated carbocycles. The highest BCUT2D eigenvalue weighted by atomic mass is 79.9. The van der Waals surface area contributed by atoms with Crippen molar-refractivity contribution in [3.63, 3.8) is 0 Å². The van der Waals surface area contributed by atoms with Crippen LogP contribution in [0.2, 0.25) is 16.6 Å². The van der Waals surface area contributed by atoms with Crippen LogP contribution in [0.3, 0.4) is 0 Å². The summed E-state index contributed by atoms with van der Waals surface area (Å²) < 4.78 is 2.11. The van der Waals surface area contributed by atoms with Crippen LogP contribution in [0.25, 0.3) is 11.6 Å². The number of allylic oxidation sites excluding steroid dienone is 1. The maximum absolute atomic E-state index is 3.97. The lowest BCUT2D eigenvalue weighted by atomic mass is 9.83. The van der Waals surface area contributed by atoms with Crippen molar-refractivity contribution in [2.24, 2.45) is 5.92 Å². The number of halogens is 2. The largest absolute Gasteiger partial charge is 0.311 e. The van der Waals surface area contributed by atoms with Crippen LogP contribution in [-0.4, -0.2) is 8.07 Å². The lowest BCUT2D eigenvalue weighted by Gasteiger charge is -2.38. The van der Waals surface area contributed by atoms with Gasteiger partial charge >= 0.3 is 0 Å². The third-order valence-electron chi connectivity index (χ3n) is 12.1. The molecule has 0 aromatic heterocycles. The summed E-state index contributed by atoms with van der Waals surface area (Å²) in [6.07, 6.45) is 3.21. The summed E-state index contributed by atoms with van der Waals surface area (Å²) in [5, 5.41) is 0. The van der Waals surface area contributed by atoms with Gasteiger partial charge in [-0.05, 0) is 118 Å². The lowest BCUT2D eigenvalue weighted by molar-refractivity contribution is 0.798. The van der Waals surface area contributed by atoms with E-state index in [1.165, 1.54) is 22.3 Å². The zero-order valence-corrected chi connectivity index (χ0v) is 38.0. The number of rotatable bonds is 11. The van der Waals surface area contributed by atoms with Gasteiger partial charge in [-0.1, -0.05) is 170 Å². The van der Waals surface area contributed by atoms with Gasteiger partial charge < -0.3 is 4.90 Å². The monoisotopic (exact) mass is 887 g/mol. The fourth-order valence-corrected chi connectivity index (χ4v) is 14.9. The SMILES string of the molecule is CC(C)[Si](C#Cc1ccccc1C=C=C(c1ccc(N(c2ccc(Br)cc2)c2ccc(Br)cc2)cc1)C1CC1(c1ccccc1)c1ccccc1)(C(C)C)C(C)C. The first-order valence-electron chi connectivity index (χ1n) is 20.2. The molecular formula is C53H51Br2NSi. The van der Waals surface area contributed by atoms with Crippen LogP contribution in [0.5, 0.6) is 0 Å². The van der Waals surface area contributed by atoms with E-state index in [4.69, 9.17) is 0 Å². The van der Waals surface area contributed by atoms with Crippen molar-refractivity contribution in [1.29, 1.82) is 0 Å². The Morgan fingerprint density at radius 1 is 0.596 bits per heavy atom. The molecule has 4 heteroatoms. The predicted molar refractivity (Wildman–Crippen MR) is 254 cm³/mol. The Balaban J connectivity index is 1.37. The molecule has 0 heterocycles. The molecule has 0 radical (unpaired) electrons. The minimum atomic E-state index is -1.91. The highest BCUT2D eigenvalue weighted by molar-refractivity contribution is 9.10. The van der Waals surface area contributed by atoms with Crippen LogP contribution in [0.15, 0.2) is 172 Å². The van der Waals surface area contributed by atoms with Crippen molar-refractivity contribution in [3.8, 4) is 11.5 Å². The van der Waals surface area contributed by atoms with Gasteiger partial charge in [0.15, 0.2) is 0 Å². The van der Waals surface area contributed by atoms with E-state index in [0.29, 0.717) is 16.6 Å². The van der Waals surface area contributed by atoms with Crippen molar-refractivity contribution >= 4 is 68.6 Å². The van der Waals surface area contributed by atoms with Crippen molar-refractivity contribution in [3.05, 3.63) is 200 Å². The average Bonchev–Trinajstić information content (AvgIpc) is 3.97. The van der Waals surface area contributed by atoms with Crippen LogP contribution < -0.4 is 4.90 Å². The summed E-state index contributed by atoms with van der Waals surface area (Å²) in [7, 11) is -1.91. The fraction of sp³-hybridized carbons (Fsp3) is 0.226. The van der Waals surface area contributed by atoms with E-state index in [1.54, 1.807) is 0 Å². The molecule has 0 aliphatic heterocycles. The maximum atomic E-state index is 3.97. The standard InChI is InChI=1S/C53H51Br2NSi/c1-38(2)57(39(3)4,40(5)6)36-35-42-16-14-13-15-41(42)23-34-51(52-37-53(52,44-17-9-7-10-18-44)45-19-11-8-12-20-45)43-21-28-48(29-22-43)56(49-30-24-46(54)25-31-49)50-32-26-47(55)27-33-50/h7-33,38-40,52H,37H2,1-6H3. The Morgan fingerprint density at radius 2 is 1.04 bits per heavy atom. The van der Waals surface area contributed by atoms with Gasteiger partial charge in [-0.25, -0.2) is 0 Å². The first-order valence-corrected chi connectivity index (χ1v) is 24.0. The van der Waals surface area contributed by atoms with Crippen molar-refractivity contribution in [2.45, 2.75) is 70.0 Å². The molecule has 6 aromatic rings. The summed E-state index contributed by atoms with van der Waals surface area (Å²) in [4.78, 5) is 2.31. The van der Waals surface area contributed by atoms with Gasteiger partial charge in [-0.2, -0.15) is 0 Å². The molecule has 286 valence electrons. The second-order valence-corrected chi connectivity index (χ2v) is 23.6. The van der Waals surface area contributed by atoms with E-state index in [1.807, 2.05) is 0 Å². The molecule has 1 unspecified atom stereocenters. The van der Waals surface area contributed by atoms with E-state index < -0.39 is 8.07 Å². The number of benzene rings is 6. The molecule has 6 aromatic carbocycles. The Morgan fingerprint density at radius 3 is 1.51 bits per heavy atom. The lowest BCUT2D eigenvalue weighted by Crippen LogP contribution is -2.43. The summed E-state index contributed by atoms with van der Waals surface area (Å²) >= 11 is 7.26. The topological polar surface area (TPSA) is 3.24 Å². The normalized spacial score (nSPS) is 14.5. The van der Waals surface area contributed by atoms with Gasteiger partial charge in [-0.15, -0.1) is 11.3 Å². The van der Waals surface area contributed by atoms with Gasteiger partial charge in [0.2, 0.25) is 0 Å². The molecule has 1 nitrogen and oxygen atoms in total. The summed E-state index contributed by atoms with van der Waals surface area (Å²) in [5.41, 5.74) is 20.0. The highest BCUT2D eigenvalue weighted by Gasteiger charge is 2.58. The fourth-order valence-electron chi connectivity index (χ4n) is 9.19. The van der Waals surface area contributed by atoms with Crippen LogP contribution >= 0.6 is 31.9 Å². The van der Waals surface area contributed by atoms with Crippen LogP contribution in [0.4, 0.5) is 17.1 Å². The van der Waals surface area contributed by atoms with Gasteiger partial charge in [0.1, 0.15) is 8.07 Å². The number of anilines is 3. The minimum absolute atomic E-state index is 0.144. The molecule has 0 spiro atoms. The number of nitrogens with zero attached hydrogens (tertiary/aromatic N) is 1. The zero-order valence-electron chi connectivity index (χ0n) is 33.8.